The van der Waals surface area contributed by atoms with Crippen LogP contribution in [0.25, 0.3) is 0 Å². The zero-order valence-corrected chi connectivity index (χ0v) is 21.4. The van der Waals surface area contributed by atoms with Gasteiger partial charge in [0, 0.05) is 0 Å². The fourth-order valence-corrected chi connectivity index (χ4v) is 3.26. The fraction of sp³-hybridized carbons (Fsp3) is 1.00. The van der Waals surface area contributed by atoms with E-state index in [4.69, 9.17) is 0 Å². The maximum atomic E-state index is 14.1. The first-order valence-corrected chi connectivity index (χ1v) is 11.0. The molecule has 0 fully saturated rings. The zero-order chi connectivity index (χ0) is 36.4. The number of unbranched alkanes of at least 4 members (excludes halogenated alkanes) is 1. The Morgan fingerprint density at radius 1 is 0.432 bits per heavy atom. The van der Waals surface area contributed by atoms with Gasteiger partial charge in [-0.15, -0.1) is 0 Å². The van der Waals surface area contributed by atoms with Crippen LogP contribution in [0.15, 0.2) is 0 Å². The van der Waals surface area contributed by atoms with E-state index in [1.165, 1.54) is 6.92 Å². The summed E-state index contributed by atoms with van der Waals surface area (Å²) in [6.45, 7) is -2.06. The van der Waals surface area contributed by atoms with Crippen LogP contribution in [-0.2, 0) is 0 Å². The minimum Gasteiger partial charge on any atom is -0.323 e. The molecule has 0 saturated carbocycles. The molecule has 0 aromatic rings. The van der Waals surface area contributed by atoms with Crippen LogP contribution >= 0.6 is 0 Å². The van der Waals surface area contributed by atoms with Crippen molar-refractivity contribution in [1.82, 2.24) is 0 Å². The van der Waals surface area contributed by atoms with Crippen LogP contribution in [0.2, 0.25) is 0 Å². The number of nitrogens with zero attached hydrogens (tertiary/aromatic N) is 1. The van der Waals surface area contributed by atoms with Gasteiger partial charge in [0.1, 0.15) is 6.54 Å². The molecular weight excluding hydrogens is 698 g/mol. The van der Waals surface area contributed by atoms with Crippen molar-refractivity contribution in [2.24, 2.45) is 0 Å². The largest absolute Gasteiger partial charge is 0.385 e. The predicted molar refractivity (Wildman–Crippen MR) is 97.2 cm³/mol. The molecule has 266 valence electrons. The van der Waals surface area contributed by atoms with Gasteiger partial charge >= 0.3 is 71.6 Å². The molecule has 0 rings (SSSR count). The summed E-state index contributed by atoms with van der Waals surface area (Å²) in [6, 6.07) is 0. The van der Waals surface area contributed by atoms with Crippen molar-refractivity contribution >= 4 is 0 Å². The summed E-state index contributed by atoms with van der Waals surface area (Å²) in [7, 11) is 1.05. The van der Waals surface area contributed by atoms with Gasteiger partial charge < -0.3 is 4.48 Å². The highest BCUT2D eigenvalue weighted by Crippen LogP contribution is 2.67. The molecule has 44 heavy (non-hydrogen) atoms. The average Bonchev–Trinajstić information content (AvgIpc) is 2.80. The summed E-state index contributed by atoms with van der Waals surface area (Å²) in [4.78, 5) is 0. The van der Waals surface area contributed by atoms with Crippen molar-refractivity contribution in [2.45, 2.75) is 91.3 Å². The molecule has 0 bridgehead atoms. The van der Waals surface area contributed by atoms with Gasteiger partial charge in [0.05, 0.1) is 20.6 Å². The molecule has 0 aromatic heterocycles. The van der Waals surface area contributed by atoms with Crippen LogP contribution in [0.4, 0.5) is 105 Å². The van der Waals surface area contributed by atoms with E-state index in [-0.39, 0.29) is 12.8 Å². The molecule has 0 amide bonds. The van der Waals surface area contributed by atoms with E-state index in [2.05, 4.69) is 0 Å². The topological polar surface area (TPSA) is 0 Å². The summed E-state index contributed by atoms with van der Waals surface area (Å²) < 4.78 is 324. The van der Waals surface area contributed by atoms with Crippen molar-refractivity contribution < 1.29 is 110 Å². The molecule has 0 heterocycles. The van der Waals surface area contributed by atoms with Crippen LogP contribution in [0.3, 0.4) is 0 Å². The first-order valence-electron chi connectivity index (χ1n) is 11.0. The Kier molecular flexibility index (Phi) is 10.8. The van der Waals surface area contributed by atoms with Gasteiger partial charge in [-0.2, -0.15) is 96.6 Å². The monoisotopic (exact) mass is 716 g/mol. The summed E-state index contributed by atoms with van der Waals surface area (Å²) in [5, 5.41) is 0. The maximum Gasteiger partial charge on any atom is 0.385 e. The normalized spacial score (nSPS) is 16.6. The Morgan fingerprint density at radius 2 is 0.682 bits per heavy atom. The minimum absolute atomic E-state index is 0.0722. The van der Waals surface area contributed by atoms with Gasteiger partial charge in [-0.05, 0) is 6.42 Å². The van der Waals surface area contributed by atoms with Gasteiger partial charge in [0.25, 0.3) is 0 Å². The second-order valence-electron chi connectivity index (χ2n) is 9.97. The van der Waals surface area contributed by atoms with E-state index in [1.54, 1.807) is 0 Å². The number of quaternary nitrogens is 1. The third kappa shape index (κ3) is 5.61. The summed E-state index contributed by atoms with van der Waals surface area (Å²) in [5.74, 6) is -95.8. The zero-order valence-electron chi connectivity index (χ0n) is 21.4. The van der Waals surface area contributed by atoms with E-state index in [1.807, 2.05) is 0 Å². The van der Waals surface area contributed by atoms with Crippen molar-refractivity contribution in [3.05, 3.63) is 0 Å². The number of hydrogen-bond acceptors (Lipinski definition) is 0. The smallest absolute Gasteiger partial charge is 0.323 e. The highest BCUT2D eigenvalue weighted by molar-refractivity contribution is 5.19. The summed E-state index contributed by atoms with van der Waals surface area (Å²) >= 11 is 0. The van der Waals surface area contributed by atoms with E-state index >= 15 is 0 Å². The molecule has 0 aliphatic rings. The Labute approximate surface area is 229 Å². The molecule has 0 unspecified atom stereocenters. The first-order chi connectivity index (χ1) is 18.7. The number of hydrogen-bond donors (Lipinski definition) is 0. The lowest BCUT2D eigenvalue weighted by atomic mass is 9.84. The highest BCUT2D eigenvalue weighted by Gasteiger charge is 2.99. The number of alkyl halides is 24. The SMILES string of the molecule is CCCC[N+](C)(C)CC(F)(F)C(F)(F)C(F)(F)C(F)(F)C(F)(F)C(F)(F)C(F)(F)C(F)(F)C(F)(F)C(F)(F)C(F)(F)C(F)F. The fourth-order valence-electron chi connectivity index (χ4n) is 3.26. The molecule has 0 radical (unpaired) electrons. The van der Waals surface area contributed by atoms with Gasteiger partial charge in [0.15, 0.2) is 0 Å². The van der Waals surface area contributed by atoms with E-state index in [0.29, 0.717) is 14.1 Å². The van der Waals surface area contributed by atoms with Crippen LogP contribution in [0, 0.1) is 0 Å². The lowest BCUT2D eigenvalue weighted by Gasteiger charge is -2.46. The van der Waals surface area contributed by atoms with Gasteiger partial charge in [0.2, 0.25) is 0 Å². The highest BCUT2D eigenvalue weighted by atomic mass is 19.4. The third-order valence-electron chi connectivity index (χ3n) is 6.05. The summed E-state index contributed by atoms with van der Waals surface area (Å²) in [6.07, 6.45) is -6.36. The summed E-state index contributed by atoms with van der Waals surface area (Å²) in [5.41, 5.74) is 0. The van der Waals surface area contributed by atoms with Gasteiger partial charge in [-0.3, -0.25) is 0 Å². The van der Waals surface area contributed by atoms with Crippen molar-refractivity contribution in [3.63, 3.8) is 0 Å². The molecule has 0 aliphatic carbocycles. The Balaban J connectivity index is 7.20. The Morgan fingerprint density at radius 3 is 0.932 bits per heavy atom. The maximum absolute atomic E-state index is 14.1. The molecule has 0 spiro atoms. The van der Waals surface area contributed by atoms with E-state index in [0.717, 1.165) is 0 Å². The second-order valence-corrected chi connectivity index (χ2v) is 9.97. The molecule has 0 atom stereocenters. The molecule has 0 aromatic carbocycles. The van der Waals surface area contributed by atoms with E-state index < -0.39 is 89.1 Å². The van der Waals surface area contributed by atoms with Crippen LogP contribution in [0.1, 0.15) is 19.8 Å². The second kappa shape index (κ2) is 11.2. The Hall–Kier alpha value is -1.72. The van der Waals surface area contributed by atoms with Crippen LogP contribution in [-0.4, -0.2) is 103 Å². The first kappa shape index (κ1) is 42.3. The third-order valence-corrected chi connectivity index (χ3v) is 6.05. The molecule has 0 saturated heterocycles. The molecule has 0 aliphatic heterocycles. The van der Waals surface area contributed by atoms with Gasteiger partial charge in [-0.1, -0.05) is 13.3 Å². The average molecular weight is 716 g/mol. The van der Waals surface area contributed by atoms with Crippen molar-refractivity contribution in [2.75, 3.05) is 27.2 Å². The van der Waals surface area contributed by atoms with Crippen molar-refractivity contribution in [1.29, 1.82) is 0 Å². The quantitative estimate of drug-likeness (QED) is 0.111. The van der Waals surface area contributed by atoms with Gasteiger partial charge in [-0.25, -0.2) is 8.78 Å². The Bertz CT molecular complexity index is 995. The van der Waals surface area contributed by atoms with Crippen LogP contribution in [0.5, 0.6) is 0 Å². The number of rotatable bonds is 16. The molecule has 25 heteroatoms. The molecule has 1 nitrogen and oxygen atoms in total. The lowest BCUT2D eigenvalue weighted by molar-refractivity contribution is -0.900. The number of halogens is 24. The van der Waals surface area contributed by atoms with E-state index in [9.17, 15) is 105 Å². The van der Waals surface area contributed by atoms with Crippen LogP contribution < -0.4 is 0 Å². The molecular formula is C19H18F24N+. The minimum atomic E-state index is -9.45. The standard InChI is InChI=1S/C19H18F24N/c1-4-5-6-44(2,3)7-9(22,23)11(26,27)13(30,31)15(34,35)17(38,39)19(42,43)18(40,41)16(36,37)14(32,33)12(28,29)10(24,25)8(20)21/h8H,4-7H2,1-3H3/q+1. The van der Waals surface area contributed by atoms with Crippen molar-refractivity contribution in [3.8, 4) is 0 Å². The lowest BCUT2D eigenvalue weighted by Crippen LogP contribution is -2.78. The predicted octanol–water partition coefficient (Wildman–Crippen LogP) is 9.12. The molecule has 0 N–H and O–H groups in total.